The molecule has 0 aliphatic heterocycles. The third-order valence-electron chi connectivity index (χ3n) is 2.85. The van der Waals surface area contributed by atoms with E-state index in [1.54, 1.807) is 0 Å². The fraction of sp³-hybridized carbons (Fsp3) is 0.500. The Labute approximate surface area is 109 Å². The highest BCUT2D eigenvalue weighted by molar-refractivity contribution is 7.86. The van der Waals surface area contributed by atoms with Gasteiger partial charge >= 0.3 is 0 Å². The molecule has 18 heavy (non-hydrogen) atoms. The molecule has 1 rings (SSSR count). The van der Waals surface area contributed by atoms with Crippen LogP contribution in [0.5, 0.6) is 0 Å². The topological polar surface area (TPSA) is 60.9 Å². The first-order chi connectivity index (χ1) is 8.41. The quantitative estimate of drug-likeness (QED) is 0.835. The maximum atomic E-state index is 12.1. The Hall–Kier alpha value is -0.950. The highest BCUT2D eigenvalue weighted by Crippen LogP contribution is 2.25. The van der Waals surface area contributed by atoms with Gasteiger partial charge in [0.25, 0.3) is 10.2 Å². The molecular formula is C12H20N2O3S. The summed E-state index contributed by atoms with van der Waals surface area (Å²) >= 11 is 0. The van der Waals surface area contributed by atoms with Crippen LogP contribution in [0, 0.1) is 0 Å². The van der Waals surface area contributed by atoms with Crippen LogP contribution in [0.3, 0.4) is 0 Å². The highest BCUT2D eigenvalue weighted by Gasteiger charge is 2.28. The maximum absolute atomic E-state index is 12.1. The molecule has 0 spiro atoms. The second-order valence-corrected chi connectivity index (χ2v) is 6.45. The standard InChI is InChI=1S/C12H20N2O3S/c1-13(2)18(16,17)14(3)12(9-10-15)11-7-5-4-6-8-11/h4-8,12,15H,9-10H2,1-3H3/t12-/m1/s1. The summed E-state index contributed by atoms with van der Waals surface area (Å²) in [6, 6.07) is 8.96. The lowest BCUT2D eigenvalue weighted by atomic mass is 10.0. The lowest BCUT2D eigenvalue weighted by molar-refractivity contribution is 0.235. The van der Waals surface area contributed by atoms with E-state index < -0.39 is 10.2 Å². The number of hydrogen-bond acceptors (Lipinski definition) is 3. The van der Waals surface area contributed by atoms with Crippen LogP contribution < -0.4 is 0 Å². The first kappa shape index (κ1) is 15.1. The van der Waals surface area contributed by atoms with Gasteiger partial charge in [0.1, 0.15) is 0 Å². The minimum Gasteiger partial charge on any atom is -0.396 e. The number of benzene rings is 1. The van der Waals surface area contributed by atoms with Gasteiger partial charge in [0.05, 0.1) is 6.04 Å². The van der Waals surface area contributed by atoms with E-state index in [4.69, 9.17) is 5.11 Å². The van der Waals surface area contributed by atoms with Crippen molar-refractivity contribution in [3.8, 4) is 0 Å². The average Bonchev–Trinajstić information content (AvgIpc) is 2.36. The summed E-state index contributed by atoms with van der Waals surface area (Å²) in [7, 11) is 1.03. The normalized spacial score (nSPS) is 14.1. The molecule has 6 heteroatoms. The fourth-order valence-electron chi connectivity index (χ4n) is 1.77. The third kappa shape index (κ3) is 3.29. The van der Waals surface area contributed by atoms with Crippen LogP contribution in [0.15, 0.2) is 30.3 Å². The van der Waals surface area contributed by atoms with E-state index in [1.165, 1.54) is 29.8 Å². The van der Waals surface area contributed by atoms with E-state index in [0.29, 0.717) is 6.42 Å². The SMILES string of the molecule is CN(C)S(=O)(=O)N(C)[C@H](CCO)c1ccccc1. The van der Waals surface area contributed by atoms with Gasteiger partial charge in [0.15, 0.2) is 0 Å². The predicted molar refractivity (Wildman–Crippen MR) is 71.3 cm³/mol. The molecular weight excluding hydrogens is 252 g/mol. The lowest BCUT2D eigenvalue weighted by Gasteiger charge is -2.29. The smallest absolute Gasteiger partial charge is 0.281 e. The molecule has 0 bridgehead atoms. The number of aliphatic hydroxyl groups is 1. The zero-order valence-electron chi connectivity index (χ0n) is 10.9. The molecule has 0 aliphatic rings. The van der Waals surface area contributed by atoms with Gasteiger partial charge in [-0.1, -0.05) is 30.3 Å². The largest absolute Gasteiger partial charge is 0.396 e. The molecule has 1 atom stereocenters. The van der Waals surface area contributed by atoms with Crippen molar-refractivity contribution >= 4 is 10.2 Å². The Balaban J connectivity index is 3.07. The zero-order valence-corrected chi connectivity index (χ0v) is 11.8. The second-order valence-electron chi connectivity index (χ2n) is 4.25. The predicted octanol–water partition coefficient (Wildman–Crippen LogP) is 0.848. The first-order valence-electron chi connectivity index (χ1n) is 5.72. The molecule has 1 aromatic carbocycles. The second kappa shape index (κ2) is 6.29. The van der Waals surface area contributed by atoms with Crippen molar-refractivity contribution < 1.29 is 13.5 Å². The van der Waals surface area contributed by atoms with Crippen molar-refractivity contribution in [2.75, 3.05) is 27.7 Å². The van der Waals surface area contributed by atoms with E-state index in [2.05, 4.69) is 0 Å². The molecule has 1 aromatic rings. The van der Waals surface area contributed by atoms with Gasteiger partial charge in [-0.05, 0) is 12.0 Å². The molecule has 0 radical (unpaired) electrons. The summed E-state index contributed by atoms with van der Waals surface area (Å²) in [4.78, 5) is 0. The van der Waals surface area contributed by atoms with E-state index >= 15 is 0 Å². The molecule has 0 heterocycles. The summed E-state index contributed by atoms with van der Waals surface area (Å²) in [5.41, 5.74) is 0.875. The molecule has 0 fully saturated rings. The zero-order chi connectivity index (χ0) is 13.8. The van der Waals surface area contributed by atoms with E-state index in [-0.39, 0.29) is 12.6 Å². The minimum absolute atomic E-state index is 0.0626. The average molecular weight is 272 g/mol. The summed E-state index contributed by atoms with van der Waals surface area (Å²) in [5, 5.41) is 9.12. The Morgan fingerprint density at radius 3 is 2.17 bits per heavy atom. The fourth-order valence-corrected chi connectivity index (χ4v) is 2.84. The van der Waals surface area contributed by atoms with E-state index in [1.807, 2.05) is 30.3 Å². The molecule has 1 N–H and O–H groups in total. The number of aliphatic hydroxyl groups excluding tert-OH is 1. The minimum atomic E-state index is -3.49. The van der Waals surface area contributed by atoms with Gasteiger partial charge in [0, 0.05) is 27.7 Å². The van der Waals surface area contributed by atoms with Gasteiger partial charge < -0.3 is 5.11 Å². The van der Waals surface area contributed by atoms with Gasteiger partial charge in [-0.3, -0.25) is 0 Å². The lowest BCUT2D eigenvalue weighted by Crippen LogP contribution is -2.40. The van der Waals surface area contributed by atoms with Crippen molar-refractivity contribution in [3.63, 3.8) is 0 Å². The highest BCUT2D eigenvalue weighted by atomic mass is 32.2. The first-order valence-corrected chi connectivity index (χ1v) is 7.12. The van der Waals surface area contributed by atoms with Crippen LogP contribution in [0.1, 0.15) is 18.0 Å². The molecule has 102 valence electrons. The Morgan fingerprint density at radius 1 is 1.17 bits per heavy atom. The van der Waals surface area contributed by atoms with E-state index in [0.717, 1.165) is 5.56 Å². The molecule has 0 saturated heterocycles. The van der Waals surface area contributed by atoms with Crippen LogP contribution in [-0.4, -0.2) is 49.9 Å². The Kier molecular flexibility index (Phi) is 5.28. The van der Waals surface area contributed by atoms with Crippen LogP contribution in [0.2, 0.25) is 0 Å². The maximum Gasteiger partial charge on any atom is 0.281 e. The van der Waals surface area contributed by atoms with Crippen molar-refractivity contribution in [2.45, 2.75) is 12.5 Å². The van der Waals surface area contributed by atoms with Gasteiger partial charge in [-0.2, -0.15) is 17.0 Å². The molecule has 0 amide bonds. The number of hydrogen-bond donors (Lipinski definition) is 1. The summed E-state index contributed by atoms with van der Waals surface area (Å²) in [6.45, 7) is -0.0626. The number of rotatable bonds is 6. The van der Waals surface area contributed by atoms with Crippen LogP contribution in [0.25, 0.3) is 0 Å². The van der Waals surface area contributed by atoms with Crippen LogP contribution >= 0.6 is 0 Å². The van der Waals surface area contributed by atoms with Crippen LogP contribution in [-0.2, 0) is 10.2 Å². The monoisotopic (exact) mass is 272 g/mol. The molecule has 0 unspecified atom stereocenters. The Bertz CT molecular complexity index is 459. The molecule has 0 aromatic heterocycles. The molecule has 0 aliphatic carbocycles. The molecule has 0 saturated carbocycles. The number of nitrogens with zero attached hydrogens (tertiary/aromatic N) is 2. The van der Waals surface area contributed by atoms with Crippen molar-refractivity contribution in [3.05, 3.63) is 35.9 Å². The third-order valence-corrected chi connectivity index (χ3v) is 4.76. The van der Waals surface area contributed by atoms with Crippen LogP contribution in [0.4, 0.5) is 0 Å². The van der Waals surface area contributed by atoms with Gasteiger partial charge in [0.2, 0.25) is 0 Å². The summed E-state index contributed by atoms with van der Waals surface area (Å²) in [5.74, 6) is 0. The van der Waals surface area contributed by atoms with E-state index in [9.17, 15) is 8.42 Å². The van der Waals surface area contributed by atoms with Crippen molar-refractivity contribution in [1.29, 1.82) is 0 Å². The van der Waals surface area contributed by atoms with Crippen molar-refractivity contribution in [2.24, 2.45) is 0 Å². The van der Waals surface area contributed by atoms with Gasteiger partial charge in [-0.25, -0.2) is 0 Å². The summed E-state index contributed by atoms with van der Waals surface area (Å²) in [6.07, 6.45) is 0.369. The Morgan fingerprint density at radius 2 is 1.72 bits per heavy atom. The molecule has 5 nitrogen and oxygen atoms in total. The summed E-state index contributed by atoms with van der Waals surface area (Å²) < 4.78 is 26.6. The van der Waals surface area contributed by atoms with Gasteiger partial charge in [-0.15, -0.1) is 0 Å². The van der Waals surface area contributed by atoms with Crippen molar-refractivity contribution in [1.82, 2.24) is 8.61 Å².